The highest BCUT2D eigenvalue weighted by molar-refractivity contribution is 14.0. The summed E-state index contributed by atoms with van der Waals surface area (Å²) in [6, 6.07) is 6.63. The number of halogens is 2. The first-order chi connectivity index (χ1) is 9.69. The molecular weight excluding hydrogens is 384 g/mol. The molecule has 1 aromatic carbocycles. The number of likely N-dealkylation sites (N-methyl/N-ethyl adjacent to an activating group) is 1. The number of aliphatic imine (C=N–C) groups is 1. The highest BCUT2D eigenvalue weighted by Gasteiger charge is 2.19. The highest BCUT2D eigenvalue weighted by atomic mass is 127. The fraction of sp³-hybridized carbons (Fsp3) is 0.533. The van der Waals surface area contributed by atoms with Gasteiger partial charge in [-0.1, -0.05) is 0 Å². The van der Waals surface area contributed by atoms with E-state index in [4.69, 9.17) is 4.74 Å². The average molecular weight is 407 g/mol. The molecule has 1 N–H and O–H groups in total. The van der Waals surface area contributed by atoms with E-state index >= 15 is 0 Å². The molecule has 0 saturated heterocycles. The van der Waals surface area contributed by atoms with Gasteiger partial charge in [-0.3, -0.25) is 4.99 Å². The number of nitrogens with one attached hydrogen (secondary N) is 1. The van der Waals surface area contributed by atoms with E-state index in [0.717, 1.165) is 12.5 Å². The van der Waals surface area contributed by atoms with Gasteiger partial charge in [0, 0.05) is 20.1 Å². The zero-order chi connectivity index (χ0) is 14.4. The van der Waals surface area contributed by atoms with Crippen molar-refractivity contribution in [2.24, 2.45) is 4.99 Å². The lowest BCUT2D eigenvalue weighted by molar-refractivity contribution is 0.276. The van der Waals surface area contributed by atoms with Gasteiger partial charge in [-0.2, -0.15) is 0 Å². The molecule has 1 aliphatic carbocycles. The first-order valence-electron chi connectivity index (χ1n) is 7.02. The summed E-state index contributed by atoms with van der Waals surface area (Å²) < 4.78 is 18.3. The summed E-state index contributed by atoms with van der Waals surface area (Å²) in [4.78, 5) is 6.32. The predicted octanol–water partition coefficient (Wildman–Crippen LogP) is 2.88. The number of ether oxygens (including phenoxy) is 1. The molecule has 1 saturated carbocycles. The largest absolute Gasteiger partial charge is 0.492 e. The third-order valence-electron chi connectivity index (χ3n) is 3.52. The highest BCUT2D eigenvalue weighted by Crippen LogP contribution is 2.18. The molecule has 2 rings (SSSR count). The molecule has 0 aliphatic heterocycles. The zero-order valence-electron chi connectivity index (χ0n) is 12.5. The van der Waals surface area contributed by atoms with E-state index in [1.165, 1.54) is 31.4 Å². The Morgan fingerprint density at radius 1 is 1.38 bits per heavy atom. The Balaban J connectivity index is 0.00000220. The monoisotopic (exact) mass is 407 g/mol. The molecule has 6 heteroatoms. The second-order valence-corrected chi connectivity index (χ2v) is 5.04. The summed E-state index contributed by atoms with van der Waals surface area (Å²) in [5, 5.41) is 3.43. The summed E-state index contributed by atoms with van der Waals surface area (Å²) in [7, 11) is 3.78. The predicted molar refractivity (Wildman–Crippen MR) is 94.1 cm³/mol. The van der Waals surface area contributed by atoms with Gasteiger partial charge < -0.3 is 15.0 Å². The van der Waals surface area contributed by atoms with Crippen LogP contribution >= 0.6 is 24.0 Å². The Morgan fingerprint density at radius 3 is 2.57 bits per heavy atom. The molecule has 0 bridgehead atoms. The maximum Gasteiger partial charge on any atom is 0.193 e. The number of rotatable bonds is 5. The SMILES string of the molecule is CN=C(NC1CCC1)N(C)CCOc1ccc(F)cc1.I. The summed E-state index contributed by atoms with van der Waals surface area (Å²) in [6.07, 6.45) is 3.74. The standard InChI is InChI=1S/C15H22FN3O.HI/c1-17-15(18-13-4-3-5-13)19(2)10-11-20-14-8-6-12(16)7-9-14;/h6-9,13H,3-5,10-11H2,1-2H3,(H,17,18);1H. The molecule has 0 aromatic heterocycles. The fourth-order valence-corrected chi connectivity index (χ4v) is 2.02. The van der Waals surface area contributed by atoms with Crippen molar-refractivity contribution in [1.29, 1.82) is 0 Å². The van der Waals surface area contributed by atoms with E-state index in [9.17, 15) is 4.39 Å². The van der Waals surface area contributed by atoms with Crippen molar-refractivity contribution in [1.82, 2.24) is 10.2 Å². The van der Waals surface area contributed by atoms with Gasteiger partial charge in [0.1, 0.15) is 18.2 Å². The molecule has 0 atom stereocenters. The van der Waals surface area contributed by atoms with Crippen molar-refractivity contribution in [3.63, 3.8) is 0 Å². The molecule has 0 radical (unpaired) electrons. The summed E-state index contributed by atoms with van der Waals surface area (Å²) in [5.41, 5.74) is 0. The molecule has 0 spiro atoms. The number of nitrogens with zero attached hydrogens (tertiary/aromatic N) is 2. The van der Waals surface area contributed by atoms with E-state index < -0.39 is 0 Å². The van der Waals surface area contributed by atoms with E-state index in [-0.39, 0.29) is 29.8 Å². The van der Waals surface area contributed by atoms with Crippen LogP contribution in [0.1, 0.15) is 19.3 Å². The van der Waals surface area contributed by atoms with Gasteiger partial charge in [-0.25, -0.2) is 4.39 Å². The first-order valence-corrected chi connectivity index (χ1v) is 7.02. The van der Waals surface area contributed by atoms with Crippen molar-refractivity contribution in [3.8, 4) is 5.75 Å². The van der Waals surface area contributed by atoms with Gasteiger partial charge in [0.2, 0.25) is 0 Å². The van der Waals surface area contributed by atoms with Crippen molar-refractivity contribution >= 4 is 29.9 Å². The minimum Gasteiger partial charge on any atom is -0.492 e. The normalized spacial score (nSPS) is 14.9. The Morgan fingerprint density at radius 2 is 2.05 bits per heavy atom. The first kappa shape index (κ1) is 18.0. The fourth-order valence-electron chi connectivity index (χ4n) is 2.02. The summed E-state index contributed by atoms with van der Waals surface area (Å²) in [6.45, 7) is 1.26. The number of hydrogen-bond donors (Lipinski definition) is 1. The number of hydrogen-bond acceptors (Lipinski definition) is 2. The van der Waals surface area contributed by atoms with Crippen LogP contribution < -0.4 is 10.1 Å². The van der Waals surface area contributed by atoms with Crippen molar-refractivity contribution in [2.45, 2.75) is 25.3 Å². The minimum absolute atomic E-state index is 0. The molecule has 0 unspecified atom stereocenters. The lowest BCUT2D eigenvalue weighted by atomic mass is 9.93. The number of guanidine groups is 1. The van der Waals surface area contributed by atoms with Crippen LogP contribution in [0.3, 0.4) is 0 Å². The van der Waals surface area contributed by atoms with Gasteiger partial charge in [-0.15, -0.1) is 24.0 Å². The molecule has 1 aliphatic rings. The third kappa shape index (κ3) is 5.68. The Bertz CT molecular complexity index is 449. The maximum absolute atomic E-state index is 12.8. The smallest absolute Gasteiger partial charge is 0.193 e. The molecule has 0 heterocycles. The second kappa shape index (κ2) is 9.07. The van der Waals surface area contributed by atoms with Crippen LogP contribution in [0.25, 0.3) is 0 Å². The summed E-state index contributed by atoms with van der Waals surface area (Å²) >= 11 is 0. The van der Waals surface area contributed by atoms with E-state index in [2.05, 4.69) is 10.3 Å². The van der Waals surface area contributed by atoms with Crippen LogP contribution in [0.2, 0.25) is 0 Å². The third-order valence-corrected chi connectivity index (χ3v) is 3.52. The maximum atomic E-state index is 12.8. The lowest BCUT2D eigenvalue weighted by Crippen LogP contribution is -2.47. The van der Waals surface area contributed by atoms with Gasteiger partial charge in [0.05, 0.1) is 6.54 Å². The van der Waals surface area contributed by atoms with E-state index in [1.807, 2.05) is 11.9 Å². The van der Waals surface area contributed by atoms with Crippen LogP contribution in [0.5, 0.6) is 5.75 Å². The Labute approximate surface area is 142 Å². The molecule has 1 aromatic rings. The minimum atomic E-state index is -0.250. The molecule has 21 heavy (non-hydrogen) atoms. The average Bonchev–Trinajstić information content (AvgIpc) is 2.40. The van der Waals surface area contributed by atoms with Gasteiger partial charge in [0.15, 0.2) is 5.96 Å². The van der Waals surface area contributed by atoms with Crippen molar-refractivity contribution in [2.75, 3.05) is 27.2 Å². The molecule has 0 amide bonds. The molecule has 4 nitrogen and oxygen atoms in total. The Hall–Kier alpha value is -1.05. The van der Waals surface area contributed by atoms with Gasteiger partial charge in [0.25, 0.3) is 0 Å². The molecular formula is C15H23FIN3O. The van der Waals surface area contributed by atoms with Crippen LogP contribution in [0, 0.1) is 5.82 Å². The van der Waals surface area contributed by atoms with E-state index in [0.29, 0.717) is 18.4 Å². The van der Waals surface area contributed by atoms with E-state index in [1.54, 1.807) is 19.2 Å². The van der Waals surface area contributed by atoms with Crippen LogP contribution in [-0.4, -0.2) is 44.1 Å². The summed E-state index contributed by atoms with van der Waals surface area (Å²) in [5.74, 6) is 1.33. The van der Waals surface area contributed by atoms with Crippen LogP contribution in [0.15, 0.2) is 29.3 Å². The molecule has 1 fully saturated rings. The van der Waals surface area contributed by atoms with Crippen LogP contribution in [0.4, 0.5) is 4.39 Å². The number of benzene rings is 1. The quantitative estimate of drug-likeness (QED) is 0.464. The zero-order valence-corrected chi connectivity index (χ0v) is 14.8. The van der Waals surface area contributed by atoms with Crippen LogP contribution in [-0.2, 0) is 0 Å². The van der Waals surface area contributed by atoms with Gasteiger partial charge >= 0.3 is 0 Å². The molecule has 118 valence electrons. The van der Waals surface area contributed by atoms with Crippen molar-refractivity contribution < 1.29 is 9.13 Å². The topological polar surface area (TPSA) is 36.9 Å². The van der Waals surface area contributed by atoms with Crippen molar-refractivity contribution in [3.05, 3.63) is 30.1 Å². The second-order valence-electron chi connectivity index (χ2n) is 5.04. The Kier molecular flexibility index (Phi) is 7.77. The van der Waals surface area contributed by atoms with Gasteiger partial charge in [-0.05, 0) is 43.5 Å². The lowest BCUT2D eigenvalue weighted by Gasteiger charge is -2.31.